The van der Waals surface area contributed by atoms with E-state index in [4.69, 9.17) is 5.26 Å². The third kappa shape index (κ3) is 4.78. The van der Waals surface area contributed by atoms with Crippen LogP contribution in [0.2, 0.25) is 0 Å². The summed E-state index contributed by atoms with van der Waals surface area (Å²) in [5.41, 5.74) is 2.02. The lowest BCUT2D eigenvalue weighted by Crippen LogP contribution is -2.11. The van der Waals surface area contributed by atoms with Crippen molar-refractivity contribution in [2.75, 3.05) is 5.32 Å². The van der Waals surface area contributed by atoms with Crippen LogP contribution in [-0.4, -0.2) is 22.7 Å². The highest BCUT2D eigenvalue weighted by atomic mass is 19.3. The van der Waals surface area contributed by atoms with Crippen LogP contribution in [-0.2, 0) is 4.79 Å². The Kier molecular flexibility index (Phi) is 5.84. The molecule has 0 atom stereocenters. The molecule has 1 aromatic carbocycles. The first-order chi connectivity index (χ1) is 11.5. The van der Waals surface area contributed by atoms with E-state index in [1.54, 1.807) is 19.1 Å². The second-order valence-corrected chi connectivity index (χ2v) is 5.08. The maximum atomic E-state index is 12.2. The number of aromatic amines is 1. The summed E-state index contributed by atoms with van der Waals surface area (Å²) >= 11 is 0. The van der Waals surface area contributed by atoms with Crippen LogP contribution in [0.5, 0.6) is 5.75 Å². The van der Waals surface area contributed by atoms with E-state index in [2.05, 4.69) is 20.3 Å². The lowest BCUT2D eigenvalue weighted by molar-refractivity contribution is -0.116. The average molecular weight is 334 g/mol. The largest absolute Gasteiger partial charge is 0.435 e. The SMILES string of the molecule is Cc1cc(OC(F)F)ccc1-c1cc(NC(=O)CCCC#N)[nH]n1. The molecule has 1 aromatic heterocycles. The van der Waals surface area contributed by atoms with Gasteiger partial charge in [0.05, 0.1) is 11.8 Å². The number of benzene rings is 1. The number of H-pyrrole nitrogens is 1. The quantitative estimate of drug-likeness (QED) is 0.757. The van der Waals surface area contributed by atoms with Crippen LogP contribution in [0.1, 0.15) is 24.8 Å². The minimum atomic E-state index is -2.87. The van der Waals surface area contributed by atoms with E-state index < -0.39 is 6.61 Å². The molecule has 0 bridgehead atoms. The Labute approximate surface area is 137 Å². The smallest absolute Gasteiger partial charge is 0.387 e. The highest BCUT2D eigenvalue weighted by Gasteiger charge is 2.11. The first kappa shape index (κ1) is 17.4. The summed E-state index contributed by atoms with van der Waals surface area (Å²) in [7, 11) is 0. The number of amides is 1. The maximum absolute atomic E-state index is 12.2. The molecular formula is C16H16F2N4O2. The molecule has 0 aliphatic heterocycles. The van der Waals surface area contributed by atoms with Crippen molar-refractivity contribution in [1.29, 1.82) is 5.26 Å². The van der Waals surface area contributed by atoms with Crippen molar-refractivity contribution >= 4 is 11.7 Å². The molecule has 24 heavy (non-hydrogen) atoms. The van der Waals surface area contributed by atoms with Crippen molar-refractivity contribution in [3.63, 3.8) is 0 Å². The second-order valence-electron chi connectivity index (χ2n) is 5.08. The number of nitrogens with one attached hydrogen (secondary N) is 2. The standard InChI is InChI=1S/C16H16F2N4O2/c1-10-8-11(24-16(17)18)5-6-12(10)13-9-14(22-21-13)20-15(23)4-2-3-7-19/h5-6,8-9,16H,2-4H2,1H3,(H2,20,21,22,23). The molecule has 0 spiro atoms. The van der Waals surface area contributed by atoms with Gasteiger partial charge in [-0.15, -0.1) is 0 Å². The van der Waals surface area contributed by atoms with E-state index in [0.29, 0.717) is 29.9 Å². The number of aryl methyl sites for hydroxylation is 1. The van der Waals surface area contributed by atoms with Crippen LogP contribution in [0.4, 0.5) is 14.6 Å². The predicted octanol–water partition coefficient (Wildman–Crippen LogP) is 3.62. The number of unbranched alkanes of at least 4 members (excludes halogenated alkanes) is 1. The molecule has 0 radical (unpaired) electrons. The Bertz CT molecular complexity index is 753. The van der Waals surface area contributed by atoms with E-state index in [9.17, 15) is 13.6 Å². The number of hydrogen-bond acceptors (Lipinski definition) is 4. The lowest BCUT2D eigenvalue weighted by Gasteiger charge is -2.07. The van der Waals surface area contributed by atoms with Gasteiger partial charge >= 0.3 is 6.61 Å². The molecule has 0 aliphatic rings. The summed E-state index contributed by atoms with van der Waals surface area (Å²) < 4.78 is 28.8. The molecule has 1 heterocycles. The van der Waals surface area contributed by atoms with Gasteiger partial charge in [-0.25, -0.2) is 0 Å². The molecule has 126 valence electrons. The Hall–Kier alpha value is -2.95. The van der Waals surface area contributed by atoms with E-state index in [1.807, 2.05) is 6.07 Å². The van der Waals surface area contributed by atoms with E-state index >= 15 is 0 Å². The molecule has 2 N–H and O–H groups in total. The molecule has 0 unspecified atom stereocenters. The van der Waals surface area contributed by atoms with Crippen molar-refractivity contribution in [3.8, 4) is 23.1 Å². The number of hydrogen-bond donors (Lipinski definition) is 2. The number of rotatable bonds is 7. The summed E-state index contributed by atoms with van der Waals surface area (Å²) in [5.74, 6) is 0.296. The molecule has 2 rings (SSSR count). The van der Waals surface area contributed by atoms with Gasteiger partial charge in [-0.2, -0.15) is 19.1 Å². The number of carbonyl (C=O) groups is 1. The van der Waals surface area contributed by atoms with Crippen LogP contribution in [0.25, 0.3) is 11.3 Å². The lowest BCUT2D eigenvalue weighted by atomic mass is 10.1. The van der Waals surface area contributed by atoms with E-state index in [0.717, 1.165) is 5.56 Å². The second kappa shape index (κ2) is 8.06. The summed E-state index contributed by atoms with van der Waals surface area (Å²) in [6.07, 6.45) is 1.07. The van der Waals surface area contributed by atoms with Crippen LogP contribution < -0.4 is 10.1 Å². The number of alkyl halides is 2. The highest BCUT2D eigenvalue weighted by Crippen LogP contribution is 2.27. The maximum Gasteiger partial charge on any atom is 0.387 e. The first-order valence-corrected chi connectivity index (χ1v) is 7.27. The monoisotopic (exact) mass is 334 g/mol. The van der Waals surface area contributed by atoms with Gasteiger partial charge in [0.1, 0.15) is 11.6 Å². The summed E-state index contributed by atoms with van der Waals surface area (Å²) in [5, 5.41) is 17.9. The summed E-state index contributed by atoms with van der Waals surface area (Å²) in [4.78, 5) is 11.7. The topological polar surface area (TPSA) is 90.8 Å². The first-order valence-electron chi connectivity index (χ1n) is 7.27. The van der Waals surface area contributed by atoms with Gasteiger partial charge in [-0.05, 0) is 37.1 Å². The predicted molar refractivity (Wildman–Crippen MR) is 83.5 cm³/mol. The number of aromatic nitrogens is 2. The van der Waals surface area contributed by atoms with E-state index in [-0.39, 0.29) is 18.1 Å². The fraction of sp³-hybridized carbons (Fsp3) is 0.312. The Balaban J connectivity index is 2.05. The fourth-order valence-corrected chi connectivity index (χ4v) is 2.16. The number of ether oxygens (including phenoxy) is 1. The van der Waals surface area contributed by atoms with Crippen LogP contribution in [0, 0.1) is 18.3 Å². The third-order valence-corrected chi connectivity index (χ3v) is 3.24. The molecule has 1 amide bonds. The van der Waals surface area contributed by atoms with Gasteiger partial charge in [0.15, 0.2) is 0 Å². The molecule has 8 heteroatoms. The minimum absolute atomic E-state index is 0.0767. The number of carbonyl (C=O) groups excluding carboxylic acids is 1. The van der Waals surface area contributed by atoms with Crippen molar-refractivity contribution in [2.45, 2.75) is 32.8 Å². The van der Waals surface area contributed by atoms with Crippen molar-refractivity contribution in [3.05, 3.63) is 29.8 Å². The van der Waals surface area contributed by atoms with Crippen LogP contribution in [0.3, 0.4) is 0 Å². The molecule has 0 saturated carbocycles. The van der Waals surface area contributed by atoms with Gasteiger partial charge in [0.2, 0.25) is 5.91 Å². The highest BCUT2D eigenvalue weighted by molar-refractivity contribution is 5.90. The third-order valence-electron chi connectivity index (χ3n) is 3.24. The Morgan fingerprint density at radius 2 is 2.25 bits per heavy atom. The molecule has 0 aliphatic carbocycles. The van der Waals surface area contributed by atoms with Gasteiger partial charge < -0.3 is 10.1 Å². The fourth-order valence-electron chi connectivity index (χ4n) is 2.16. The minimum Gasteiger partial charge on any atom is -0.435 e. The zero-order chi connectivity index (χ0) is 17.5. The van der Waals surface area contributed by atoms with Crippen molar-refractivity contribution < 1.29 is 18.3 Å². The number of nitriles is 1. The normalized spacial score (nSPS) is 10.5. The number of nitrogens with zero attached hydrogens (tertiary/aromatic N) is 2. The van der Waals surface area contributed by atoms with Crippen molar-refractivity contribution in [1.82, 2.24) is 10.2 Å². The van der Waals surface area contributed by atoms with Crippen molar-refractivity contribution in [2.24, 2.45) is 0 Å². The van der Waals surface area contributed by atoms with Gasteiger partial charge in [0.25, 0.3) is 0 Å². The molecule has 2 aromatic rings. The summed E-state index contributed by atoms with van der Waals surface area (Å²) in [6, 6.07) is 8.19. The zero-order valence-electron chi connectivity index (χ0n) is 13.0. The van der Waals surface area contributed by atoms with Gasteiger partial charge in [-0.1, -0.05) is 0 Å². The van der Waals surface area contributed by atoms with Crippen LogP contribution >= 0.6 is 0 Å². The zero-order valence-corrected chi connectivity index (χ0v) is 13.0. The average Bonchev–Trinajstić information content (AvgIpc) is 2.95. The molecule has 0 saturated heterocycles. The van der Waals surface area contributed by atoms with Gasteiger partial charge in [0, 0.05) is 24.5 Å². The molecule has 6 nitrogen and oxygen atoms in total. The Morgan fingerprint density at radius 3 is 2.92 bits per heavy atom. The van der Waals surface area contributed by atoms with Gasteiger partial charge in [-0.3, -0.25) is 9.89 Å². The molecular weight excluding hydrogens is 318 g/mol. The Morgan fingerprint density at radius 1 is 1.46 bits per heavy atom. The molecule has 0 fully saturated rings. The van der Waals surface area contributed by atoms with Crippen LogP contribution in [0.15, 0.2) is 24.3 Å². The summed E-state index contributed by atoms with van der Waals surface area (Å²) in [6.45, 7) is -1.12. The number of anilines is 1. The number of halogens is 2. The van der Waals surface area contributed by atoms with E-state index in [1.165, 1.54) is 12.1 Å².